The zero-order chi connectivity index (χ0) is 16.4. The first-order chi connectivity index (χ1) is 11.7. The Kier molecular flexibility index (Phi) is 4.24. The zero-order valence-electron chi connectivity index (χ0n) is 14.0. The highest BCUT2D eigenvalue weighted by Gasteiger charge is 2.41. The van der Waals surface area contributed by atoms with E-state index in [1.165, 1.54) is 44.1 Å². The Morgan fingerprint density at radius 3 is 2.29 bits per heavy atom. The molecule has 4 rings (SSSR count). The highest BCUT2D eigenvalue weighted by molar-refractivity contribution is 6.08. The van der Waals surface area contributed by atoms with Gasteiger partial charge in [-0.05, 0) is 37.7 Å². The molecule has 1 aliphatic carbocycles. The van der Waals surface area contributed by atoms with Gasteiger partial charge in [0, 0.05) is 11.1 Å². The van der Waals surface area contributed by atoms with Gasteiger partial charge in [-0.15, -0.1) is 0 Å². The molecule has 1 aliphatic heterocycles. The van der Waals surface area contributed by atoms with Crippen molar-refractivity contribution in [2.24, 2.45) is 0 Å². The first-order valence-corrected chi connectivity index (χ1v) is 9.11. The number of carbonyl (C=O) groups excluding carboxylic acids is 1. The molecule has 0 unspecified atom stereocenters. The van der Waals surface area contributed by atoms with E-state index in [0.29, 0.717) is 6.10 Å². The van der Waals surface area contributed by atoms with Gasteiger partial charge in [0.2, 0.25) is 0 Å². The fourth-order valence-corrected chi connectivity index (χ4v) is 4.24. The van der Waals surface area contributed by atoms with Gasteiger partial charge in [-0.3, -0.25) is 4.79 Å². The van der Waals surface area contributed by atoms with E-state index < -0.39 is 0 Å². The number of ether oxygens (including phenoxy) is 1. The number of carbonyl (C=O) groups is 1. The van der Waals surface area contributed by atoms with Gasteiger partial charge in [0.1, 0.15) is 0 Å². The molecule has 0 bridgehead atoms. The van der Waals surface area contributed by atoms with E-state index in [2.05, 4.69) is 12.1 Å². The summed E-state index contributed by atoms with van der Waals surface area (Å²) in [5.74, 6) is 0.0872. The Bertz CT molecular complexity index is 697. The molecule has 24 heavy (non-hydrogen) atoms. The van der Waals surface area contributed by atoms with Gasteiger partial charge in [0.25, 0.3) is 0 Å². The normalized spacial score (nSPS) is 22.1. The number of hydrogen-bond donors (Lipinski definition) is 0. The van der Waals surface area contributed by atoms with Crippen LogP contribution in [0.3, 0.4) is 0 Å². The van der Waals surface area contributed by atoms with Crippen molar-refractivity contribution in [1.82, 2.24) is 0 Å². The molecule has 0 amide bonds. The van der Waals surface area contributed by atoms with Crippen LogP contribution in [0.2, 0.25) is 0 Å². The fourth-order valence-electron chi connectivity index (χ4n) is 4.24. The second-order valence-corrected chi connectivity index (χ2v) is 7.26. The Hall–Kier alpha value is -1.93. The number of hydrogen-bond acceptors (Lipinski definition) is 2. The van der Waals surface area contributed by atoms with Crippen molar-refractivity contribution in [3.63, 3.8) is 0 Å². The third-order valence-electron chi connectivity index (χ3n) is 5.57. The van der Waals surface area contributed by atoms with Gasteiger partial charge in [0.05, 0.1) is 11.7 Å². The highest BCUT2D eigenvalue weighted by Crippen LogP contribution is 2.43. The second kappa shape index (κ2) is 6.52. The van der Waals surface area contributed by atoms with E-state index >= 15 is 0 Å². The summed E-state index contributed by atoms with van der Waals surface area (Å²) in [6, 6.07) is 17.5. The molecule has 2 aliphatic rings. The van der Waals surface area contributed by atoms with Gasteiger partial charge in [-0.25, -0.2) is 0 Å². The lowest BCUT2D eigenvalue weighted by Gasteiger charge is -2.23. The van der Waals surface area contributed by atoms with Crippen molar-refractivity contribution in [3.05, 3.63) is 71.3 Å². The average Bonchev–Trinajstić information content (AvgIpc) is 3.26. The summed E-state index contributed by atoms with van der Waals surface area (Å²) in [4.78, 5) is 12.4. The molecule has 2 aromatic carbocycles. The molecule has 0 N–H and O–H groups in total. The summed E-state index contributed by atoms with van der Waals surface area (Å²) in [5.41, 5.74) is 2.96. The van der Waals surface area contributed by atoms with Crippen LogP contribution in [0.1, 0.15) is 60.0 Å². The van der Waals surface area contributed by atoms with Crippen LogP contribution in [0.4, 0.5) is 0 Å². The summed E-state index contributed by atoms with van der Waals surface area (Å²) in [6.45, 7) is 0. The van der Waals surface area contributed by atoms with E-state index in [1.807, 2.05) is 42.5 Å². The molecule has 1 heterocycles. The SMILES string of the molecule is O=C(c1ccccc1)c1ccc(C[C@@H]2CCC3(CCCC3)O2)cc1. The molecular weight excluding hydrogens is 296 g/mol. The average molecular weight is 320 g/mol. The molecule has 0 aromatic heterocycles. The molecule has 2 nitrogen and oxygen atoms in total. The van der Waals surface area contributed by atoms with Crippen molar-refractivity contribution >= 4 is 5.78 Å². The fraction of sp³-hybridized carbons (Fsp3) is 0.409. The van der Waals surface area contributed by atoms with E-state index in [-0.39, 0.29) is 11.4 Å². The van der Waals surface area contributed by atoms with Gasteiger partial charge in [-0.1, -0.05) is 67.4 Å². The first kappa shape index (κ1) is 15.6. The van der Waals surface area contributed by atoms with Gasteiger partial charge < -0.3 is 4.74 Å². The number of benzene rings is 2. The van der Waals surface area contributed by atoms with Crippen LogP contribution in [-0.2, 0) is 11.2 Å². The van der Waals surface area contributed by atoms with Crippen LogP contribution in [0, 0.1) is 0 Å². The zero-order valence-corrected chi connectivity index (χ0v) is 14.0. The third-order valence-corrected chi connectivity index (χ3v) is 5.57. The monoisotopic (exact) mass is 320 g/mol. The van der Waals surface area contributed by atoms with Crippen LogP contribution in [-0.4, -0.2) is 17.5 Å². The molecular formula is C22H24O2. The Balaban J connectivity index is 1.40. The highest BCUT2D eigenvalue weighted by atomic mass is 16.5. The molecule has 124 valence electrons. The predicted octanol–water partition coefficient (Wildman–Crippen LogP) is 4.95. The lowest BCUT2D eigenvalue weighted by atomic mass is 9.97. The summed E-state index contributed by atoms with van der Waals surface area (Å²) >= 11 is 0. The predicted molar refractivity (Wildman–Crippen MR) is 95.3 cm³/mol. The Morgan fingerprint density at radius 2 is 1.58 bits per heavy atom. The van der Waals surface area contributed by atoms with Crippen molar-refractivity contribution in [2.75, 3.05) is 0 Å². The summed E-state index contributed by atoms with van der Waals surface area (Å²) in [6.07, 6.45) is 8.83. The van der Waals surface area contributed by atoms with E-state index in [0.717, 1.165) is 17.5 Å². The van der Waals surface area contributed by atoms with Gasteiger partial charge >= 0.3 is 0 Å². The minimum Gasteiger partial charge on any atom is -0.371 e. The number of ketones is 1. The first-order valence-electron chi connectivity index (χ1n) is 9.11. The molecule has 1 saturated carbocycles. The van der Waals surface area contributed by atoms with Crippen LogP contribution in [0.15, 0.2) is 54.6 Å². The standard InChI is InChI=1S/C22H24O2/c23-21(18-6-2-1-3-7-18)19-10-8-17(9-11-19)16-20-12-15-22(24-20)13-4-5-14-22/h1-3,6-11,20H,4-5,12-16H2/t20-/m0/s1. The van der Waals surface area contributed by atoms with Gasteiger partial charge in [0.15, 0.2) is 5.78 Å². The quantitative estimate of drug-likeness (QED) is 0.745. The molecule has 0 radical (unpaired) electrons. The smallest absolute Gasteiger partial charge is 0.193 e. The van der Waals surface area contributed by atoms with E-state index in [1.54, 1.807) is 0 Å². The Morgan fingerprint density at radius 1 is 0.917 bits per heavy atom. The number of rotatable bonds is 4. The molecule has 1 saturated heterocycles. The summed E-state index contributed by atoms with van der Waals surface area (Å²) in [7, 11) is 0. The van der Waals surface area contributed by atoms with Crippen molar-refractivity contribution in [1.29, 1.82) is 0 Å². The van der Waals surface area contributed by atoms with Gasteiger partial charge in [-0.2, -0.15) is 0 Å². The molecule has 1 atom stereocenters. The molecule has 1 spiro atoms. The molecule has 2 aromatic rings. The third kappa shape index (κ3) is 3.16. The lowest BCUT2D eigenvalue weighted by molar-refractivity contribution is -0.0355. The topological polar surface area (TPSA) is 26.3 Å². The molecule has 2 heteroatoms. The maximum absolute atomic E-state index is 12.4. The Labute approximate surface area is 143 Å². The van der Waals surface area contributed by atoms with Crippen molar-refractivity contribution in [2.45, 2.75) is 56.7 Å². The summed E-state index contributed by atoms with van der Waals surface area (Å²) < 4.78 is 6.39. The van der Waals surface area contributed by atoms with E-state index in [4.69, 9.17) is 4.74 Å². The maximum Gasteiger partial charge on any atom is 0.193 e. The second-order valence-electron chi connectivity index (χ2n) is 7.26. The molecule has 2 fully saturated rings. The van der Waals surface area contributed by atoms with Crippen LogP contribution < -0.4 is 0 Å². The van der Waals surface area contributed by atoms with E-state index in [9.17, 15) is 4.79 Å². The van der Waals surface area contributed by atoms with Crippen LogP contribution >= 0.6 is 0 Å². The minimum atomic E-state index is 0.0872. The van der Waals surface area contributed by atoms with Crippen molar-refractivity contribution in [3.8, 4) is 0 Å². The minimum absolute atomic E-state index is 0.0872. The van der Waals surface area contributed by atoms with Crippen molar-refractivity contribution < 1.29 is 9.53 Å². The summed E-state index contributed by atoms with van der Waals surface area (Å²) in [5, 5.41) is 0. The maximum atomic E-state index is 12.4. The van der Waals surface area contributed by atoms with Crippen LogP contribution in [0.5, 0.6) is 0 Å². The lowest BCUT2D eigenvalue weighted by Crippen LogP contribution is -2.25. The largest absolute Gasteiger partial charge is 0.371 e. The van der Waals surface area contributed by atoms with Crippen LogP contribution in [0.25, 0.3) is 0 Å².